The SMILES string of the molecule is CCn1c(CCl)nnc1Cc1cccc(C)c1. The summed E-state index contributed by atoms with van der Waals surface area (Å²) in [6.07, 6.45) is 0.805. The number of alkyl halides is 1. The summed E-state index contributed by atoms with van der Waals surface area (Å²) in [7, 11) is 0. The highest BCUT2D eigenvalue weighted by Crippen LogP contribution is 2.12. The first-order valence-corrected chi connectivity index (χ1v) is 6.30. The molecule has 0 aliphatic rings. The lowest BCUT2D eigenvalue weighted by Gasteiger charge is -2.06. The quantitative estimate of drug-likeness (QED) is 0.780. The minimum absolute atomic E-state index is 0.411. The number of hydrogen-bond acceptors (Lipinski definition) is 2. The van der Waals surface area contributed by atoms with Crippen molar-refractivity contribution in [2.75, 3.05) is 0 Å². The van der Waals surface area contributed by atoms with Crippen LogP contribution in [-0.2, 0) is 18.8 Å². The fourth-order valence-corrected chi connectivity index (χ4v) is 2.17. The van der Waals surface area contributed by atoms with Gasteiger partial charge in [-0.25, -0.2) is 0 Å². The van der Waals surface area contributed by atoms with Crippen molar-refractivity contribution in [1.29, 1.82) is 0 Å². The van der Waals surface area contributed by atoms with Gasteiger partial charge in [0.05, 0.1) is 5.88 Å². The van der Waals surface area contributed by atoms with E-state index >= 15 is 0 Å². The average molecular weight is 250 g/mol. The van der Waals surface area contributed by atoms with Crippen molar-refractivity contribution in [3.8, 4) is 0 Å². The van der Waals surface area contributed by atoms with E-state index < -0.39 is 0 Å². The van der Waals surface area contributed by atoms with Gasteiger partial charge in [-0.05, 0) is 19.4 Å². The minimum Gasteiger partial charge on any atom is -0.314 e. The maximum Gasteiger partial charge on any atom is 0.147 e. The Morgan fingerprint density at radius 3 is 2.65 bits per heavy atom. The van der Waals surface area contributed by atoms with Gasteiger partial charge in [0.2, 0.25) is 0 Å². The molecular formula is C13H16ClN3. The lowest BCUT2D eigenvalue weighted by atomic mass is 10.1. The molecule has 0 bridgehead atoms. The van der Waals surface area contributed by atoms with Crippen LogP contribution in [-0.4, -0.2) is 14.8 Å². The second-order valence-corrected chi connectivity index (χ2v) is 4.34. The highest BCUT2D eigenvalue weighted by molar-refractivity contribution is 6.16. The van der Waals surface area contributed by atoms with Gasteiger partial charge in [-0.3, -0.25) is 0 Å². The molecule has 0 saturated heterocycles. The molecule has 17 heavy (non-hydrogen) atoms. The van der Waals surface area contributed by atoms with Crippen LogP contribution in [0, 0.1) is 6.92 Å². The molecule has 0 aliphatic carbocycles. The Morgan fingerprint density at radius 1 is 1.24 bits per heavy atom. The maximum atomic E-state index is 5.83. The summed E-state index contributed by atoms with van der Waals surface area (Å²) in [4.78, 5) is 0. The number of hydrogen-bond donors (Lipinski definition) is 0. The number of halogens is 1. The third-order valence-corrected chi connectivity index (χ3v) is 3.02. The van der Waals surface area contributed by atoms with Crippen molar-refractivity contribution >= 4 is 11.6 Å². The first-order chi connectivity index (χ1) is 8.24. The lowest BCUT2D eigenvalue weighted by Crippen LogP contribution is -2.05. The van der Waals surface area contributed by atoms with Gasteiger partial charge in [0.15, 0.2) is 0 Å². The summed E-state index contributed by atoms with van der Waals surface area (Å²) in [5.74, 6) is 2.24. The summed E-state index contributed by atoms with van der Waals surface area (Å²) >= 11 is 5.83. The number of nitrogens with zero attached hydrogens (tertiary/aromatic N) is 3. The van der Waals surface area contributed by atoms with Gasteiger partial charge >= 0.3 is 0 Å². The Kier molecular flexibility index (Phi) is 3.79. The zero-order valence-electron chi connectivity index (χ0n) is 10.2. The lowest BCUT2D eigenvalue weighted by molar-refractivity contribution is 0.686. The molecule has 0 N–H and O–H groups in total. The first-order valence-electron chi connectivity index (χ1n) is 5.77. The van der Waals surface area contributed by atoms with Crippen molar-refractivity contribution in [3.05, 3.63) is 47.0 Å². The van der Waals surface area contributed by atoms with Crippen molar-refractivity contribution < 1.29 is 0 Å². The molecule has 1 aromatic heterocycles. The molecule has 2 aromatic rings. The maximum absolute atomic E-state index is 5.83. The van der Waals surface area contributed by atoms with E-state index in [0.29, 0.717) is 5.88 Å². The summed E-state index contributed by atoms with van der Waals surface area (Å²) in [5.41, 5.74) is 2.52. The molecule has 0 aliphatic heterocycles. The highest BCUT2D eigenvalue weighted by Gasteiger charge is 2.10. The van der Waals surface area contributed by atoms with Crippen LogP contribution >= 0.6 is 11.6 Å². The Bertz CT molecular complexity index is 505. The van der Waals surface area contributed by atoms with Crippen LogP contribution in [0.2, 0.25) is 0 Å². The molecule has 0 unspecified atom stereocenters. The van der Waals surface area contributed by atoms with E-state index in [0.717, 1.165) is 24.6 Å². The molecule has 4 heteroatoms. The molecule has 1 aromatic carbocycles. The predicted molar refractivity (Wildman–Crippen MR) is 69.2 cm³/mol. The standard InChI is InChI=1S/C13H16ClN3/c1-3-17-12(15-16-13(17)9-14)8-11-6-4-5-10(2)7-11/h4-7H,3,8-9H2,1-2H3. The smallest absolute Gasteiger partial charge is 0.147 e. The zero-order valence-corrected chi connectivity index (χ0v) is 10.9. The van der Waals surface area contributed by atoms with Gasteiger partial charge in [-0.1, -0.05) is 29.8 Å². The summed E-state index contributed by atoms with van der Waals surface area (Å²) in [6.45, 7) is 5.04. The molecule has 0 fully saturated rings. The van der Waals surface area contributed by atoms with Crippen LogP contribution in [0.1, 0.15) is 29.7 Å². The molecule has 0 radical (unpaired) electrons. The number of rotatable bonds is 4. The van der Waals surface area contributed by atoms with Gasteiger partial charge in [0, 0.05) is 13.0 Å². The van der Waals surface area contributed by atoms with E-state index in [1.165, 1.54) is 11.1 Å². The van der Waals surface area contributed by atoms with Crippen molar-refractivity contribution in [2.45, 2.75) is 32.7 Å². The Labute approximate surface area is 106 Å². The Hall–Kier alpha value is -1.35. The summed E-state index contributed by atoms with van der Waals surface area (Å²) in [5, 5.41) is 8.32. The average Bonchev–Trinajstić information content (AvgIpc) is 2.71. The Balaban J connectivity index is 2.27. The van der Waals surface area contributed by atoms with Crippen molar-refractivity contribution in [3.63, 3.8) is 0 Å². The van der Waals surface area contributed by atoms with E-state index in [4.69, 9.17) is 11.6 Å². The summed E-state index contributed by atoms with van der Waals surface area (Å²) in [6, 6.07) is 8.45. The fourth-order valence-electron chi connectivity index (χ4n) is 1.97. The third kappa shape index (κ3) is 2.67. The molecular weight excluding hydrogens is 234 g/mol. The van der Waals surface area contributed by atoms with E-state index in [1.807, 2.05) is 0 Å². The van der Waals surface area contributed by atoms with Gasteiger partial charge < -0.3 is 4.57 Å². The number of benzene rings is 1. The fraction of sp³-hybridized carbons (Fsp3) is 0.385. The molecule has 3 nitrogen and oxygen atoms in total. The molecule has 0 saturated carbocycles. The monoisotopic (exact) mass is 249 g/mol. The van der Waals surface area contributed by atoms with Gasteiger partial charge in [-0.15, -0.1) is 21.8 Å². The van der Waals surface area contributed by atoms with Crippen LogP contribution in [0.25, 0.3) is 0 Å². The third-order valence-electron chi connectivity index (χ3n) is 2.78. The van der Waals surface area contributed by atoms with E-state index in [2.05, 4.69) is 52.9 Å². The largest absolute Gasteiger partial charge is 0.314 e. The second-order valence-electron chi connectivity index (χ2n) is 4.08. The Morgan fingerprint density at radius 2 is 2.00 bits per heavy atom. The highest BCUT2D eigenvalue weighted by atomic mass is 35.5. The van der Waals surface area contributed by atoms with E-state index in [1.54, 1.807) is 0 Å². The second kappa shape index (κ2) is 5.32. The van der Waals surface area contributed by atoms with Crippen LogP contribution in [0.3, 0.4) is 0 Å². The molecule has 0 spiro atoms. The molecule has 1 heterocycles. The van der Waals surface area contributed by atoms with Crippen LogP contribution in [0.15, 0.2) is 24.3 Å². The van der Waals surface area contributed by atoms with Crippen LogP contribution in [0.5, 0.6) is 0 Å². The normalized spacial score (nSPS) is 10.8. The molecule has 0 atom stereocenters. The van der Waals surface area contributed by atoms with Crippen molar-refractivity contribution in [2.24, 2.45) is 0 Å². The molecule has 90 valence electrons. The van der Waals surface area contributed by atoms with Crippen LogP contribution in [0.4, 0.5) is 0 Å². The van der Waals surface area contributed by atoms with Gasteiger partial charge in [0.25, 0.3) is 0 Å². The number of aryl methyl sites for hydroxylation is 1. The number of aromatic nitrogens is 3. The summed E-state index contributed by atoms with van der Waals surface area (Å²) < 4.78 is 2.08. The van der Waals surface area contributed by atoms with Crippen molar-refractivity contribution in [1.82, 2.24) is 14.8 Å². The van der Waals surface area contributed by atoms with Crippen LogP contribution < -0.4 is 0 Å². The minimum atomic E-state index is 0.411. The van der Waals surface area contributed by atoms with Gasteiger partial charge in [0.1, 0.15) is 11.6 Å². The predicted octanol–water partition coefficient (Wildman–Crippen LogP) is 2.94. The zero-order chi connectivity index (χ0) is 12.3. The van der Waals surface area contributed by atoms with E-state index in [-0.39, 0.29) is 0 Å². The first kappa shape index (κ1) is 12.1. The van der Waals surface area contributed by atoms with E-state index in [9.17, 15) is 0 Å². The molecule has 0 amide bonds. The van der Waals surface area contributed by atoms with Gasteiger partial charge in [-0.2, -0.15) is 0 Å². The molecule has 2 rings (SSSR count). The topological polar surface area (TPSA) is 30.7 Å².